The second-order valence-corrected chi connectivity index (χ2v) is 8.54. The van der Waals surface area contributed by atoms with Gasteiger partial charge in [0.25, 0.3) is 5.91 Å². The normalized spacial score (nSPS) is 11.0. The van der Waals surface area contributed by atoms with Crippen LogP contribution in [-0.2, 0) is 4.79 Å². The van der Waals surface area contributed by atoms with Gasteiger partial charge in [0.1, 0.15) is 23.3 Å². The highest BCUT2D eigenvalue weighted by Crippen LogP contribution is 2.30. The van der Waals surface area contributed by atoms with Gasteiger partial charge in [-0.3, -0.25) is 9.59 Å². The summed E-state index contributed by atoms with van der Waals surface area (Å²) in [6.07, 6.45) is 1.30. The molecule has 0 aliphatic rings. The van der Waals surface area contributed by atoms with Gasteiger partial charge < -0.3 is 19.2 Å². The van der Waals surface area contributed by atoms with Crippen LogP contribution >= 0.6 is 0 Å². The van der Waals surface area contributed by atoms with Crippen molar-refractivity contribution in [1.29, 1.82) is 0 Å². The Morgan fingerprint density at radius 3 is 2.56 bits per heavy atom. The van der Waals surface area contributed by atoms with E-state index in [1.54, 1.807) is 18.2 Å². The number of anilines is 1. The van der Waals surface area contributed by atoms with Gasteiger partial charge in [-0.15, -0.1) is 0 Å². The van der Waals surface area contributed by atoms with Crippen molar-refractivity contribution >= 4 is 22.6 Å². The topological polar surface area (TPSA) is 77.8 Å². The van der Waals surface area contributed by atoms with E-state index in [0.717, 1.165) is 22.4 Å². The first-order chi connectivity index (χ1) is 16.3. The Morgan fingerprint density at radius 1 is 1.00 bits per heavy atom. The summed E-state index contributed by atoms with van der Waals surface area (Å²) in [6, 6.07) is 18.3. The molecule has 0 saturated heterocycles. The third-order valence-electron chi connectivity index (χ3n) is 5.50. The zero-order valence-electron chi connectivity index (χ0n) is 19.7. The van der Waals surface area contributed by atoms with Gasteiger partial charge in [0.05, 0.1) is 5.39 Å². The molecule has 0 radical (unpaired) electrons. The Labute approximate surface area is 198 Å². The average Bonchev–Trinajstić information content (AvgIpc) is 2.81. The van der Waals surface area contributed by atoms with Crippen LogP contribution in [0.3, 0.4) is 0 Å². The Kier molecular flexibility index (Phi) is 6.68. The van der Waals surface area contributed by atoms with Crippen LogP contribution in [0.15, 0.2) is 76.1 Å². The first kappa shape index (κ1) is 23.1. The zero-order valence-corrected chi connectivity index (χ0v) is 19.7. The van der Waals surface area contributed by atoms with Gasteiger partial charge >= 0.3 is 0 Å². The molecule has 1 N–H and O–H groups in total. The molecule has 1 amide bonds. The van der Waals surface area contributed by atoms with Gasteiger partial charge in [-0.1, -0.05) is 49.7 Å². The lowest BCUT2D eigenvalue weighted by atomic mass is 10.0. The largest absolute Gasteiger partial charge is 0.484 e. The van der Waals surface area contributed by atoms with Crippen molar-refractivity contribution in [1.82, 2.24) is 0 Å². The lowest BCUT2D eigenvalue weighted by Gasteiger charge is -2.13. The maximum atomic E-state index is 13.0. The molecule has 0 saturated carbocycles. The molecular weight excluding hydrogens is 430 g/mol. The number of carbonyl (C=O) groups is 1. The number of hydrogen-bond donors (Lipinski definition) is 1. The third kappa shape index (κ3) is 5.12. The first-order valence-corrected chi connectivity index (χ1v) is 11.1. The van der Waals surface area contributed by atoms with Gasteiger partial charge in [-0.2, -0.15) is 0 Å². The van der Waals surface area contributed by atoms with E-state index in [1.807, 2.05) is 56.3 Å². The van der Waals surface area contributed by atoms with E-state index in [-0.39, 0.29) is 29.6 Å². The molecule has 0 unspecified atom stereocenters. The molecule has 0 aliphatic heterocycles. The zero-order chi connectivity index (χ0) is 24.2. The molecule has 3 aromatic carbocycles. The summed E-state index contributed by atoms with van der Waals surface area (Å²) in [5.41, 5.74) is 3.93. The second-order valence-electron chi connectivity index (χ2n) is 8.54. The minimum atomic E-state index is -0.279. The number of amides is 1. The maximum absolute atomic E-state index is 13.0. The maximum Gasteiger partial charge on any atom is 0.262 e. The smallest absolute Gasteiger partial charge is 0.262 e. The van der Waals surface area contributed by atoms with Crippen molar-refractivity contribution in [3.63, 3.8) is 0 Å². The summed E-state index contributed by atoms with van der Waals surface area (Å²) >= 11 is 0. The predicted octanol–water partition coefficient (Wildman–Crippen LogP) is 6.34. The molecule has 6 nitrogen and oxygen atoms in total. The molecule has 0 fully saturated rings. The van der Waals surface area contributed by atoms with Crippen LogP contribution in [0, 0.1) is 13.8 Å². The van der Waals surface area contributed by atoms with Crippen molar-refractivity contribution in [3.8, 4) is 17.2 Å². The SMILES string of the molecule is Cc1ccc(NC(=O)COc2ccc3c(=O)c(Oc4ccccc4C(C)C)coc3c2)c(C)c1. The quantitative estimate of drug-likeness (QED) is 0.350. The molecule has 6 heteroatoms. The molecule has 0 bridgehead atoms. The Balaban J connectivity index is 1.47. The predicted molar refractivity (Wildman–Crippen MR) is 133 cm³/mol. The summed E-state index contributed by atoms with van der Waals surface area (Å²) in [5.74, 6) is 1.13. The molecule has 0 aliphatic carbocycles. The van der Waals surface area contributed by atoms with Crippen molar-refractivity contribution < 1.29 is 18.7 Å². The summed E-state index contributed by atoms with van der Waals surface area (Å²) in [6.45, 7) is 7.90. The van der Waals surface area contributed by atoms with E-state index in [4.69, 9.17) is 13.9 Å². The van der Waals surface area contributed by atoms with Crippen LogP contribution in [0.25, 0.3) is 11.0 Å². The number of ether oxygens (including phenoxy) is 2. The van der Waals surface area contributed by atoms with E-state index in [2.05, 4.69) is 19.2 Å². The summed E-state index contributed by atoms with van der Waals surface area (Å²) in [5, 5.41) is 3.21. The number of benzene rings is 3. The van der Waals surface area contributed by atoms with E-state index in [9.17, 15) is 9.59 Å². The summed E-state index contributed by atoms with van der Waals surface area (Å²) in [4.78, 5) is 25.3. The molecule has 174 valence electrons. The van der Waals surface area contributed by atoms with E-state index >= 15 is 0 Å². The molecule has 0 atom stereocenters. The number of hydrogen-bond acceptors (Lipinski definition) is 5. The number of para-hydroxylation sites is 1. The molecule has 1 aromatic heterocycles. The highest BCUT2D eigenvalue weighted by atomic mass is 16.5. The summed E-state index contributed by atoms with van der Waals surface area (Å²) in [7, 11) is 0. The van der Waals surface area contributed by atoms with Gasteiger partial charge in [0.15, 0.2) is 6.61 Å². The van der Waals surface area contributed by atoms with E-state index in [1.165, 1.54) is 6.26 Å². The van der Waals surface area contributed by atoms with Gasteiger partial charge in [-0.05, 0) is 55.2 Å². The van der Waals surface area contributed by atoms with Crippen molar-refractivity contribution in [2.45, 2.75) is 33.6 Å². The molecule has 0 spiro atoms. The van der Waals surface area contributed by atoms with Crippen LogP contribution in [0.2, 0.25) is 0 Å². The van der Waals surface area contributed by atoms with Gasteiger partial charge in [0, 0.05) is 11.8 Å². The van der Waals surface area contributed by atoms with Crippen LogP contribution in [0.1, 0.15) is 36.5 Å². The van der Waals surface area contributed by atoms with Gasteiger partial charge in [-0.25, -0.2) is 0 Å². The van der Waals surface area contributed by atoms with Crippen molar-refractivity contribution in [3.05, 3.63) is 93.8 Å². The van der Waals surface area contributed by atoms with Crippen molar-refractivity contribution in [2.24, 2.45) is 0 Å². The highest BCUT2D eigenvalue weighted by molar-refractivity contribution is 5.92. The minimum absolute atomic E-state index is 0.113. The van der Waals surface area contributed by atoms with E-state index in [0.29, 0.717) is 22.5 Å². The summed E-state index contributed by atoms with van der Waals surface area (Å²) < 4.78 is 17.2. The van der Waals surface area contributed by atoms with E-state index < -0.39 is 0 Å². The van der Waals surface area contributed by atoms with Gasteiger partial charge in [0.2, 0.25) is 11.2 Å². The Morgan fingerprint density at radius 2 is 1.79 bits per heavy atom. The van der Waals surface area contributed by atoms with Crippen LogP contribution < -0.4 is 20.2 Å². The molecule has 34 heavy (non-hydrogen) atoms. The fourth-order valence-corrected chi connectivity index (χ4v) is 3.71. The number of aryl methyl sites for hydroxylation is 2. The number of fused-ring (bicyclic) bond motifs is 1. The van der Waals surface area contributed by atoms with Crippen LogP contribution in [-0.4, -0.2) is 12.5 Å². The number of rotatable bonds is 7. The molecule has 1 heterocycles. The number of carbonyl (C=O) groups excluding carboxylic acids is 1. The Hall–Kier alpha value is -4.06. The lowest BCUT2D eigenvalue weighted by Crippen LogP contribution is -2.20. The number of nitrogens with one attached hydrogen (secondary N) is 1. The van der Waals surface area contributed by atoms with Crippen LogP contribution in [0.4, 0.5) is 5.69 Å². The fourth-order valence-electron chi connectivity index (χ4n) is 3.71. The third-order valence-corrected chi connectivity index (χ3v) is 5.50. The average molecular weight is 458 g/mol. The first-order valence-electron chi connectivity index (χ1n) is 11.1. The standard InChI is InChI=1S/C28H27NO5/c1-17(2)21-7-5-6-8-24(21)34-26-15-33-25-14-20(10-11-22(25)28(26)31)32-16-27(30)29-23-12-9-18(3)13-19(23)4/h5-15,17H,16H2,1-4H3,(H,29,30). The highest BCUT2D eigenvalue weighted by Gasteiger charge is 2.14. The lowest BCUT2D eigenvalue weighted by molar-refractivity contribution is -0.118. The van der Waals surface area contributed by atoms with Crippen molar-refractivity contribution in [2.75, 3.05) is 11.9 Å². The fraction of sp³-hybridized carbons (Fsp3) is 0.214. The molecular formula is C28H27NO5. The monoisotopic (exact) mass is 457 g/mol. The Bertz CT molecular complexity index is 1400. The minimum Gasteiger partial charge on any atom is -0.484 e. The second kappa shape index (κ2) is 9.83. The van der Waals surface area contributed by atoms with Crippen LogP contribution in [0.5, 0.6) is 17.2 Å². The molecule has 4 rings (SSSR count). The molecule has 4 aromatic rings.